The lowest BCUT2D eigenvalue weighted by atomic mass is 9.96. The summed E-state index contributed by atoms with van der Waals surface area (Å²) in [5.41, 5.74) is 7.84. The van der Waals surface area contributed by atoms with Crippen LogP contribution in [0.1, 0.15) is 42.1 Å². The Balaban J connectivity index is 2.10. The maximum Gasteiger partial charge on any atom is 0.337 e. The van der Waals surface area contributed by atoms with Crippen LogP contribution in [0, 0.1) is 0 Å². The van der Waals surface area contributed by atoms with Crippen molar-refractivity contribution < 1.29 is 9.53 Å². The van der Waals surface area contributed by atoms with Gasteiger partial charge in [-0.3, -0.25) is 4.90 Å². The van der Waals surface area contributed by atoms with Gasteiger partial charge < -0.3 is 10.5 Å². The van der Waals surface area contributed by atoms with E-state index < -0.39 is 0 Å². The van der Waals surface area contributed by atoms with E-state index in [1.807, 2.05) is 12.1 Å². The van der Waals surface area contributed by atoms with Crippen molar-refractivity contribution in [1.29, 1.82) is 0 Å². The molecule has 110 valence electrons. The van der Waals surface area contributed by atoms with E-state index in [2.05, 4.69) is 17.9 Å². The molecule has 0 amide bonds. The molecule has 1 aliphatic heterocycles. The number of rotatable bonds is 4. The number of hydrogen-bond acceptors (Lipinski definition) is 4. The van der Waals surface area contributed by atoms with Crippen LogP contribution in [0.4, 0.5) is 0 Å². The number of carbonyl (C=O) groups is 1. The normalized spacial score (nSPS) is 21.4. The fourth-order valence-corrected chi connectivity index (χ4v) is 2.96. The van der Waals surface area contributed by atoms with Gasteiger partial charge in [0.25, 0.3) is 0 Å². The second kappa shape index (κ2) is 6.86. The summed E-state index contributed by atoms with van der Waals surface area (Å²) in [5, 5.41) is 0. The predicted molar refractivity (Wildman–Crippen MR) is 79.5 cm³/mol. The Labute approximate surface area is 120 Å². The number of nitrogens with zero attached hydrogens (tertiary/aromatic N) is 1. The number of benzene rings is 1. The van der Waals surface area contributed by atoms with Crippen molar-refractivity contribution in [3.63, 3.8) is 0 Å². The monoisotopic (exact) mass is 276 g/mol. The second-order valence-corrected chi connectivity index (χ2v) is 5.58. The van der Waals surface area contributed by atoms with Crippen LogP contribution in [0.3, 0.4) is 0 Å². The van der Waals surface area contributed by atoms with Crippen molar-refractivity contribution in [3.05, 3.63) is 35.4 Å². The minimum atomic E-state index is -0.283. The smallest absolute Gasteiger partial charge is 0.337 e. The van der Waals surface area contributed by atoms with Gasteiger partial charge >= 0.3 is 5.97 Å². The largest absolute Gasteiger partial charge is 0.465 e. The Bertz CT molecular complexity index is 460. The van der Waals surface area contributed by atoms with Crippen molar-refractivity contribution in [2.24, 2.45) is 5.73 Å². The summed E-state index contributed by atoms with van der Waals surface area (Å²) < 4.78 is 4.77. The van der Waals surface area contributed by atoms with Gasteiger partial charge in [-0.15, -0.1) is 0 Å². The Kier molecular flexibility index (Phi) is 5.15. The van der Waals surface area contributed by atoms with Crippen LogP contribution in [0.25, 0.3) is 0 Å². The molecule has 0 radical (unpaired) electrons. The van der Waals surface area contributed by atoms with E-state index in [4.69, 9.17) is 10.5 Å². The molecule has 4 nitrogen and oxygen atoms in total. The van der Waals surface area contributed by atoms with Crippen LogP contribution in [-0.4, -0.2) is 36.6 Å². The van der Waals surface area contributed by atoms with E-state index in [0.29, 0.717) is 11.6 Å². The first-order chi connectivity index (χ1) is 9.61. The zero-order valence-electron chi connectivity index (χ0n) is 12.3. The molecule has 0 aromatic heterocycles. The van der Waals surface area contributed by atoms with Crippen LogP contribution in [-0.2, 0) is 11.3 Å². The van der Waals surface area contributed by atoms with E-state index in [-0.39, 0.29) is 12.0 Å². The second-order valence-electron chi connectivity index (χ2n) is 5.58. The first-order valence-corrected chi connectivity index (χ1v) is 7.28. The highest BCUT2D eigenvalue weighted by molar-refractivity contribution is 5.89. The average molecular weight is 276 g/mol. The molecule has 1 aromatic carbocycles. The van der Waals surface area contributed by atoms with Gasteiger partial charge in [-0.2, -0.15) is 0 Å². The first-order valence-electron chi connectivity index (χ1n) is 7.28. The minimum absolute atomic E-state index is 0.180. The maximum atomic E-state index is 11.6. The van der Waals surface area contributed by atoms with Crippen LogP contribution < -0.4 is 5.73 Å². The average Bonchev–Trinajstić information content (AvgIpc) is 2.47. The summed E-state index contributed by atoms with van der Waals surface area (Å²) >= 11 is 0. The van der Waals surface area contributed by atoms with Gasteiger partial charge in [0, 0.05) is 18.6 Å². The third-order valence-electron chi connectivity index (χ3n) is 4.00. The third-order valence-corrected chi connectivity index (χ3v) is 4.00. The zero-order chi connectivity index (χ0) is 14.5. The highest BCUT2D eigenvalue weighted by Crippen LogP contribution is 2.21. The Morgan fingerprint density at radius 1 is 1.50 bits per heavy atom. The van der Waals surface area contributed by atoms with Gasteiger partial charge in [-0.25, -0.2) is 4.79 Å². The van der Waals surface area contributed by atoms with Crippen molar-refractivity contribution in [3.8, 4) is 0 Å². The maximum absolute atomic E-state index is 11.6. The van der Waals surface area contributed by atoms with Gasteiger partial charge in [0.2, 0.25) is 0 Å². The van der Waals surface area contributed by atoms with Gasteiger partial charge in [0.15, 0.2) is 0 Å². The fourth-order valence-electron chi connectivity index (χ4n) is 2.96. The van der Waals surface area contributed by atoms with Gasteiger partial charge in [-0.1, -0.05) is 18.6 Å². The predicted octanol–water partition coefficient (Wildman–Crippen LogP) is 2.17. The van der Waals surface area contributed by atoms with E-state index >= 15 is 0 Å². The van der Waals surface area contributed by atoms with Crippen molar-refractivity contribution in [2.75, 3.05) is 13.7 Å². The number of likely N-dealkylation sites (tertiary alicyclic amines) is 1. The Hall–Kier alpha value is -1.39. The summed E-state index contributed by atoms with van der Waals surface area (Å²) in [5.74, 6) is -0.283. The van der Waals surface area contributed by atoms with Crippen LogP contribution in [0.5, 0.6) is 0 Å². The lowest BCUT2D eigenvalue weighted by Crippen LogP contribution is -2.48. The number of hydrogen-bond donors (Lipinski definition) is 1. The highest BCUT2D eigenvalue weighted by atomic mass is 16.5. The minimum Gasteiger partial charge on any atom is -0.465 e. The molecule has 1 aromatic rings. The third kappa shape index (κ3) is 3.58. The standard InChI is InChI=1S/C16H24N2O2/c1-12(17)15-8-3-4-9-18(15)11-13-6-5-7-14(10-13)16(19)20-2/h5-7,10,12,15H,3-4,8-9,11,17H2,1-2H3. The van der Waals surface area contributed by atoms with Crippen LogP contribution in [0.15, 0.2) is 24.3 Å². The van der Waals surface area contributed by atoms with E-state index in [1.165, 1.54) is 20.0 Å². The van der Waals surface area contributed by atoms with Gasteiger partial charge in [0.05, 0.1) is 12.7 Å². The van der Waals surface area contributed by atoms with E-state index in [0.717, 1.165) is 25.1 Å². The molecular formula is C16H24N2O2. The summed E-state index contributed by atoms with van der Waals surface area (Å²) in [6, 6.07) is 8.28. The highest BCUT2D eigenvalue weighted by Gasteiger charge is 2.25. The molecular weight excluding hydrogens is 252 g/mol. The van der Waals surface area contributed by atoms with Crippen molar-refractivity contribution in [2.45, 2.75) is 44.8 Å². The number of carbonyl (C=O) groups excluding carboxylic acids is 1. The molecule has 0 bridgehead atoms. The summed E-state index contributed by atoms with van der Waals surface area (Å²) in [7, 11) is 1.41. The van der Waals surface area contributed by atoms with Crippen molar-refractivity contribution >= 4 is 5.97 Å². The topological polar surface area (TPSA) is 55.6 Å². The molecule has 1 fully saturated rings. The van der Waals surface area contributed by atoms with Crippen LogP contribution in [0.2, 0.25) is 0 Å². The Morgan fingerprint density at radius 3 is 3.00 bits per heavy atom. The molecule has 2 N–H and O–H groups in total. The molecule has 20 heavy (non-hydrogen) atoms. The molecule has 0 aliphatic carbocycles. The van der Waals surface area contributed by atoms with E-state index in [9.17, 15) is 4.79 Å². The molecule has 2 rings (SSSR count). The van der Waals surface area contributed by atoms with Gasteiger partial charge in [0.1, 0.15) is 0 Å². The number of nitrogens with two attached hydrogens (primary N) is 1. The zero-order valence-corrected chi connectivity index (χ0v) is 12.3. The number of ether oxygens (including phenoxy) is 1. The molecule has 2 unspecified atom stereocenters. The lowest BCUT2D eigenvalue weighted by molar-refractivity contribution is 0.0600. The summed E-state index contributed by atoms with van der Waals surface area (Å²) in [6.45, 7) is 4.00. The SMILES string of the molecule is COC(=O)c1cccc(CN2CCCCC2C(C)N)c1. The molecule has 0 saturated carbocycles. The van der Waals surface area contributed by atoms with Crippen LogP contribution >= 0.6 is 0 Å². The molecule has 1 heterocycles. The first kappa shape index (κ1) is 15.0. The molecule has 4 heteroatoms. The quantitative estimate of drug-likeness (QED) is 0.856. The van der Waals surface area contributed by atoms with E-state index in [1.54, 1.807) is 6.07 Å². The lowest BCUT2D eigenvalue weighted by Gasteiger charge is -2.38. The molecule has 2 atom stereocenters. The van der Waals surface area contributed by atoms with Gasteiger partial charge in [-0.05, 0) is 44.0 Å². The van der Waals surface area contributed by atoms with Crippen molar-refractivity contribution in [1.82, 2.24) is 4.90 Å². The number of piperidine rings is 1. The Morgan fingerprint density at radius 2 is 2.30 bits per heavy atom. The fraction of sp³-hybridized carbons (Fsp3) is 0.562. The number of methoxy groups -OCH3 is 1. The summed E-state index contributed by atoms with van der Waals surface area (Å²) in [6.07, 6.45) is 3.64. The molecule has 1 aliphatic rings. The summed E-state index contributed by atoms with van der Waals surface area (Å²) in [4.78, 5) is 14.0. The number of esters is 1. The molecule has 0 spiro atoms. The molecule has 1 saturated heterocycles.